The molecule has 2 aromatic rings. The number of nitrogens with one attached hydrogen (secondary N) is 1. The van der Waals surface area contributed by atoms with Crippen molar-refractivity contribution in [3.05, 3.63) is 67.1 Å². The molecule has 0 saturated carbocycles. The van der Waals surface area contributed by atoms with Crippen molar-refractivity contribution in [2.24, 2.45) is 0 Å². The fraction of sp³-hybridized carbons (Fsp3) is 0.214. The van der Waals surface area contributed by atoms with E-state index >= 15 is 0 Å². The average Bonchev–Trinajstić information content (AvgIpc) is 2.50. The Kier molecular flexibility index (Phi) is 5.07. The minimum absolute atomic E-state index is 0.0398. The Morgan fingerprint density at radius 3 is 2.83 bits per heavy atom. The van der Waals surface area contributed by atoms with Crippen LogP contribution in [0.5, 0.6) is 0 Å². The molecule has 1 aromatic heterocycles. The predicted molar refractivity (Wildman–Crippen MR) is 83.7 cm³/mol. The number of rotatable bonds is 5. The molecule has 0 aliphatic carbocycles. The van der Waals surface area contributed by atoms with Gasteiger partial charge in [0.1, 0.15) is 5.02 Å². The van der Waals surface area contributed by atoms with Gasteiger partial charge >= 0.3 is 0 Å². The number of amides is 1. The molecular weight excluding hydrogens is 324 g/mol. The molecule has 0 spiro atoms. The predicted octanol–water partition coefficient (Wildman–Crippen LogP) is 1.54. The van der Waals surface area contributed by atoms with Gasteiger partial charge < -0.3 is 5.32 Å². The van der Waals surface area contributed by atoms with Crippen LogP contribution in [0.25, 0.3) is 0 Å². The smallest absolute Gasteiger partial charge is 0.288 e. The Bertz CT molecular complexity index is 819. The van der Waals surface area contributed by atoms with Gasteiger partial charge in [-0.1, -0.05) is 11.6 Å². The van der Waals surface area contributed by atoms with E-state index in [0.29, 0.717) is 5.69 Å². The molecule has 0 unspecified atom stereocenters. The first kappa shape index (κ1) is 16.6. The topological polar surface area (TPSA) is 107 Å². The first-order chi connectivity index (χ1) is 10.9. The van der Waals surface area contributed by atoms with Crippen LogP contribution in [0.2, 0.25) is 5.02 Å². The summed E-state index contributed by atoms with van der Waals surface area (Å²) in [6, 6.07) is 6.79. The quantitative estimate of drug-likeness (QED) is 0.658. The molecule has 2 rings (SSSR count). The largest absolute Gasteiger partial charge is 0.350 e. The normalized spacial score (nSPS) is 10.3. The Labute approximate surface area is 135 Å². The van der Waals surface area contributed by atoms with E-state index in [9.17, 15) is 19.7 Å². The van der Waals surface area contributed by atoms with Crippen molar-refractivity contribution >= 4 is 23.2 Å². The number of benzene rings is 1. The van der Waals surface area contributed by atoms with Crippen LogP contribution in [0.4, 0.5) is 5.69 Å². The second-order valence-corrected chi connectivity index (χ2v) is 5.12. The average molecular weight is 337 g/mol. The Morgan fingerprint density at radius 2 is 2.13 bits per heavy atom. The van der Waals surface area contributed by atoms with Gasteiger partial charge in [-0.05, 0) is 25.1 Å². The van der Waals surface area contributed by atoms with E-state index in [1.54, 1.807) is 13.0 Å². The minimum atomic E-state index is -0.657. The van der Waals surface area contributed by atoms with Crippen molar-refractivity contribution < 1.29 is 9.72 Å². The van der Waals surface area contributed by atoms with Crippen LogP contribution >= 0.6 is 11.6 Å². The molecule has 1 aromatic carbocycles. The molecule has 120 valence electrons. The first-order valence-electron chi connectivity index (χ1n) is 6.65. The third-order valence-electron chi connectivity index (χ3n) is 3.01. The van der Waals surface area contributed by atoms with Crippen molar-refractivity contribution in [1.82, 2.24) is 15.1 Å². The lowest BCUT2D eigenvalue weighted by atomic mass is 10.2. The van der Waals surface area contributed by atoms with Gasteiger partial charge in [0.25, 0.3) is 17.2 Å². The summed E-state index contributed by atoms with van der Waals surface area (Å²) in [5, 5.41) is 17.4. The summed E-state index contributed by atoms with van der Waals surface area (Å²) < 4.78 is 1.24. The van der Waals surface area contributed by atoms with Gasteiger partial charge in [0.15, 0.2) is 0 Å². The first-order valence-corrected chi connectivity index (χ1v) is 7.03. The van der Waals surface area contributed by atoms with Gasteiger partial charge in [-0.3, -0.25) is 19.7 Å². The minimum Gasteiger partial charge on any atom is -0.350 e. The molecule has 1 amide bonds. The van der Waals surface area contributed by atoms with Crippen LogP contribution in [-0.4, -0.2) is 27.2 Å². The van der Waals surface area contributed by atoms with E-state index in [-0.39, 0.29) is 34.9 Å². The maximum absolute atomic E-state index is 12.0. The third-order valence-corrected chi connectivity index (χ3v) is 3.33. The fourth-order valence-corrected chi connectivity index (χ4v) is 2.07. The van der Waals surface area contributed by atoms with Crippen molar-refractivity contribution in [2.75, 3.05) is 6.54 Å². The van der Waals surface area contributed by atoms with Gasteiger partial charge in [-0.15, -0.1) is 0 Å². The zero-order valence-electron chi connectivity index (χ0n) is 12.2. The number of aromatic nitrogens is 2. The summed E-state index contributed by atoms with van der Waals surface area (Å²) in [6.45, 7) is 2.11. The highest BCUT2D eigenvalue weighted by atomic mass is 35.5. The highest BCUT2D eigenvalue weighted by Crippen LogP contribution is 2.24. The summed E-state index contributed by atoms with van der Waals surface area (Å²) in [5.41, 5.74) is 0.192. The summed E-state index contributed by atoms with van der Waals surface area (Å²) in [5.74, 6) is -0.495. The van der Waals surface area contributed by atoms with Crippen molar-refractivity contribution in [2.45, 2.75) is 13.5 Å². The monoisotopic (exact) mass is 336 g/mol. The fourth-order valence-electron chi connectivity index (χ4n) is 1.88. The highest BCUT2D eigenvalue weighted by molar-refractivity contribution is 6.32. The SMILES string of the molecule is Cc1ccc(=O)n(CCNC(=O)c2ccc(Cl)c([N+](=O)[O-])c2)n1. The van der Waals surface area contributed by atoms with E-state index in [1.165, 1.54) is 22.9 Å². The number of hydrogen-bond donors (Lipinski definition) is 1. The second kappa shape index (κ2) is 7.01. The van der Waals surface area contributed by atoms with Crippen LogP contribution < -0.4 is 10.9 Å². The van der Waals surface area contributed by atoms with Crippen molar-refractivity contribution in [3.8, 4) is 0 Å². The summed E-state index contributed by atoms with van der Waals surface area (Å²) in [6.07, 6.45) is 0. The Balaban J connectivity index is 2.03. The lowest BCUT2D eigenvalue weighted by Gasteiger charge is -2.07. The molecule has 0 aliphatic rings. The number of aryl methyl sites for hydroxylation is 1. The lowest BCUT2D eigenvalue weighted by Crippen LogP contribution is -2.32. The van der Waals surface area contributed by atoms with Crippen LogP contribution in [0.3, 0.4) is 0 Å². The van der Waals surface area contributed by atoms with Gasteiger partial charge in [-0.25, -0.2) is 4.68 Å². The van der Waals surface area contributed by atoms with E-state index in [1.807, 2.05) is 0 Å². The van der Waals surface area contributed by atoms with Gasteiger partial charge in [0.2, 0.25) is 0 Å². The van der Waals surface area contributed by atoms with Crippen LogP contribution in [-0.2, 0) is 6.54 Å². The standard InChI is InChI=1S/C14H13ClN4O4/c1-9-2-5-13(20)18(17-9)7-6-16-14(21)10-3-4-11(15)12(8-10)19(22)23/h2-5,8H,6-7H2,1H3,(H,16,21). The van der Waals surface area contributed by atoms with Crippen molar-refractivity contribution in [3.63, 3.8) is 0 Å². The number of nitro benzene ring substituents is 1. The number of carbonyl (C=O) groups excluding carboxylic acids is 1. The molecular formula is C14H13ClN4O4. The number of carbonyl (C=O) groups is 1. The molecule has 0 radical (unpaired) electrons. The molecule has 0 atom stereocenters. The summed E-state index contributed by atoms with van der Waals surface area (Å²) in [4.78, 5) is 33.7. The molecule has 1 heterocycles. The number of nitrogens with zero attached hydrogens (tertiary/aromatic N) is 3. The zero-order chi connectivity index (χ0) is 17.0. The third kappa shape index (κ3) is 4.13. The van der Waals surface area contributed by atoms with E-state index in [4.69, 9.17) is 11.6 Å². The second-order valence-electron chi connectivity index (χ2n) is 4.72. The number of nitro groups is 1. The molecule has 1 N–H and O–H groups in total. The number of halogens is 1. The molecule has 9 heteroatoms. The Morgan fingerprint density at radius 1 is 1.39 bits per heavy atom. The van der Waals surface area contributed by atoms with E-state index < -0.39 is 10.8 Å². The molecule has 0 fully saturated rings. The molecule has 0 aliphatic heterocycles. The van der Waals surface area contributed by atoms with Crippen LogP contribution in [0.15, 0.2) is 35.1 Å². The van der Waals surface area contributed by atoms with Crippen LogP contribution in [0.1, 0.15) is 16.1 Å². The molecule has 0 saturated heterocycles. The summed E-state index contributed by atoms with van der Waals surface area (Å²) >= 11 is 5.69. The number of hydrogen-bond acceptors (Lipinski definition) is 5. The zero-order valence-corrected chi connectivity index (χ0v) is 12.9. The van der Waals surface area contributed by atoms with Crippen LogP contribution in [0, 0.1) is 17.0 Å². The molecule has 0 bridgehead atoms. The maximum Gasteiger partial charge on any atom is 0.288 e. The molecule has 23 heavy (non-hydrogen) atoms. The maximum atomic E-state index is 12.0. The van der Waals surface area contributed by atoms with Gasteiger partial charge in [0, 0.05) is 24.2 Å². The van der Waals surface area contributed by atoms with Gasteiger partial charge in [-0.2, -0.15) is 5.10 Å². The van der Waals surface area contributed by atoms with Crippen molar-refractivity contribution in [1.29, 1.82) is 0 Å². The lowest BCUT2D eigenvalue weighted by molar-refractivity contribution is -0.384. The Hall–Kier alpha value is -2.74. The summed E-state index contributed by atoms with van der Waals surface area (Å²) in [7, 11) is 0. The van der Waals surface area contributed by atoms with Gasteiger partial charge in [0.05, 0.1) is 17.2 Å². The van der Waals surface area contributed by atoms with E-state index in [2.05, 4.69) is 10.4 Å². The van der Waals surface area contributed by atoms with E-state index in [0.717, 1.165) is 6.07 Å². The highest BCUT2D eigenvalue weighted by Gasteiger charge is 2.16. The molecule has 8 nitrogen and oxygen atoms in total.